The molecule has 1 aromatic heterocycles. The summed E-state index contributed by atoms with van der Waals surface area (Å²) in [5.41, 5.74) is 5.33. The molecular weight excluding hydrogens is 288 g/mol. The highest BCUT2D eigenvalue weighted by atomic mass is 16.4. The van der Waals surface area contributed by atoms with E-state index in [2.05, 4.69) is 48.4 Å². The summed E-state index contributed by atoms with van der Waals surface area (Å²) in [5.74, 6) is 0.916. The second-order valence-corrected chi connectivity index (χ2v) is 6.74. The van der Waals surface area contributed by atoms with Crippen LogP contribution in [0, 0.1) is 11.3 Å². The molecule has 0 bridgehead atoms. The van der Waals surface area contributed by atoms with Crippen molar-refractivity contribution in [1.82, 2.24) is 4.98 Å². The van der Waals surface area contributed by atoms with Gasteiger partial charge in [-0.3, -0.25) is 0 Å². The zero-order valence-corrected chi connectivity index (χ0v) is 14.2. The van der Waals surface area contributed by atoms with Crippen molar-refractivity contribution in [3.05, 3.63) is 47.0 Å². The van der Waals surface area contributed by atoms with Crippen molar-refractivity contribution in [2.24, 2.45) is 5.10 Å². The monoisotopic (exact) mass is 310 g/mol. The Kier molecular flexibility index (Phi) is 4.85. The highest BCUT2D eigenvalue weighted by Gasteiger charge is 2.15. The van der Waals surface area contributed by atoms with Gasteiger partial charge in [-0.05, 0) is 16.5 Å². The Morgan fingerprint density at radius 3 is 2.43 bits per heavy atom. The zero-order valence-electron chi connectivity index (χ0n) is 14.2. The lowest BCUT2D eigenvalue weighted by Crippen LogP contribution is -2.10. The van der Waals surface area contributed by atoms with E-state index in [0.29, 0.717) is 5.89 Å². The number of hydrogen-bond acceptors (Lipinski definition) is 5. The van der Waals surface area contributed by atoms with Gasteiger partial charge in [0.15, 0.2) is 0 Å². The summed E-state index contributed by atoms with van der Waals surface area (Å²) in [6.07, 6.45) is 1.69. The van der Waals surface area contributed by atoms with Gasteiger partial charge in [0.25, 0.3) is 5.88 Å². The lowest BCUT2D eigenvalue weighted by molar-refractivity contribution is 0.481. The molecule has 5 heteroatoms. The number of hydrazone groups is 1. The summed E-state index contributed by atoms with van der Waals surface area (Å²) in [5, 5.41) is 13.2. The van der Waals surface area contributed by atoms with Crippen LogP contribution in [0.3, 0.4) is 0 Å². The Labute approximate surface area is 137 Å². The van der Waals surface area contributed by atoms with Crippen LogP contribution in [-0.2, 0) is 5.41 Å². The third-order valence-electron chi connectivity index (χ3n) is 3.40. The first-order chi connectivity index (χ1) is 10.8. The van der Waals surface area contributed by atoms with Gasteiger partial charge in [0.2, 0.25) is 11.6 Å². The second-order valence-electron chi connectivity index (χ2n) is 6.74. The molecule has 1 N–H and O–H groups in total. The fraction of sp³-hybridized carbons (Fsp3) is 0.389. The summed E-state index contributed by atoms with van der Waals surface area (Å²) in [6.45, 7) is 10.4. The first-order valence-corrected chi connectivity index (χ1v) is 7.61. The molecule has 2 aromatic rings. The molecule has 1 heterocycles. The van der Waals surface area contributed by atoms with E-state index in [1.165, 1.54) is 5.56 Å². The molecule has 0 fully saturated rings. The average molecular weight is 310 g/mol. The van der Waals surface area contributed by atoms with Crippen LogP contribution in [0.4, 0.5) is 5.88 Å². The molecule has 0 saturated heterocycles. The minimum absolute atomic E-state index is 0.117. The number of nitrogens with one attached hydrogen (secondary N) is 1. The maximum Gasteiger partial charge on any atom is 0.252 e. The van der Waals surface area contributed by atoms with E-state index < -0.39 is 0 Å². The van der Waals surface area contributed by atoms with Gasteiger partial charge in [0.05, 0.1) is 6.21 Å². The Bertz CT molecular complexity index is 728. The summed E-state index contributed by atoms with van der Waals surface area (Å²) in [7, 11) is 0. The van der Waals surface area contributed by atoms with Gasteiger partial charge in [-0.15, -0.1) is 0 Å². The molecule has 120 valence electrons. The van der Waals surface area contributed by atoms with Crippen molar-refractivity contribution in [2.75, 3.05) is 5.43 Å². The van der Waals surface area contributed by atoms with Gasteiger partial charge < -0.3 is 4.42 Å². The molecule has 0 atom stereocenters. The van der Waals surface area contributed by atoms with Crippen molar-refractivity contribution in [3.8, 4) is 6.07 Å². The van der Waals surface area contributed by atoms with Crippen LogP contribution in [0.1, 0.15) is 63.2 Å². The van der Waals surface area contributed by atoms with E-state index in [4.69, 9.17) is 9.68 Å². The van der Waals surface area contributed by atoms with E-state index in [0.717, 1.165) is 5.56 Å². The number of nitriles is 1. The number of nitrogens with zero attached hydrogens (tertiary/aromatic N) is 3. The predicted octanol–water partition coefficient (Wildman–Crippen LogP) is 4.41. The van der Waals surface area contributed by atoms with Gasteiger partial charge in [0, 0.05) is 5.92 Å². The van der Waals surface area contributed by atoms with Crippen molar-refractivity contribution in [1.29, 1.82) is 5.26 Å². The minimum atomic E-state index is 0.117. The van der Waals surface area contributed by atoms with E-state index in [1.54, 1.807) is 6.21 Å². The summed E-state index contributed by atoms with van der Waals surface area (Å²) >= 11 is 0. The van der Waals surface area contributed by atoms with Crippen LogP contribution in [0.5, 0.6) is 0 Å². The molecule has 0 aliphatic carbocycles. The van der Waals surface area contributed by atoms with E-state index >= 15 is 0 Å². The van der Waals surface area contributed by atoms with E-state index in [-0.39, 0.29) is 22.9 Å². The lowest BCUT2D eigenvalue weighted by atomic mass is 9.87. The Morgan fingerprint density at radius 1 is 1.26 bits per heavy atom. The van der Waals surface area contributed by atoms with Crippen LogP contribution in [0.15, 0.2) is 33.8 Å². The van der Waals surface area contributed by atoms with Crippen molar-refractivity contribution in [3.63, 3.8) is 0 Å². The first kappa shape index (κ1) is 16.8. The Balaban J connectivity index is 2.09. The maximum absolute atomic E-state index is 9.07. The van der Waals surface area contributed by atoms with Gasteiger partial charge in [0.1, 0.15) is 6.07 Å². The molecule has 2 rings (SSSR count). The fourth-order valence-electron chi connectivity index (χ4n) is 1.97. The predicted molar refractivity (Wildman–Crippen MR) is 91.7 cm³/mol. The minimum Gasteiger partial charge on any atom is -0.422 e. The molecular formula is C18H22N4O. The highest BCUT2D eigenvalue weighted by molar-refractivity contribution is 5.80. The van der Waals surface area contributed by atoms with Crippen molar-refractivity contribution < 1.29 is 4.42 Å². The molecule has 0 aliphatic heterocycles. The number of hydrogen-bond donors (Lipinski definition) is 1. The van der Waals surface area contributed by atoms with Crippen LogP contribution in [0.2, 0.25) is 0 Å². The number of aromatic nitrogens is 1. The van der Waals surface area contributed by atoms with E-state index in [1.807, 2.05) is 32.0 Å². The number of benzene rings is 1. The Morgan fingerprint density at radius 2 is 1.91 bits per heavy atom. The van der Waals surface area contributed by atoms with Crippen molar-refractivity contribution >= 4 is 12.1 Å². The van der Waals surface area contributed by atoms with Crippen LogP contribution >= 0.6 is 0 Å². The summed E-state index contributed by atoms with van der Waals surface area (Å²) in [4.78, 5) is 4.13. The zero-order chi connectivity index (χ0) is 17.0. The summed E-state index contributed by atoms with van der Waals surface area (Å²) in [6, 6.07) is 10.2. The van der Waals surface area contributed by atoms with Gasteiger partial charge in [-0.25, -0.2) is 10.4 Å². The molecule has 0 saturated carbocycles. The molecule has 0 unspecified atom stereocenters. The largest absolute Gasteiger partial charge is 0.422 e. The smallest absolute Gasteiger partial charge is 0.252 e. The van der Waals surface area contributed by atoms with Crippen LogP contribution in [-0.4, -0.2) is 11.2 Å². The highest BCUT2D eigenvalue weighted by Crippen LogP contribution is 2.23. The lowest BCUT2D eigenvalue weighted by Gasteiger charge is -2.18. The normalized spacial score (nSPS) is 11.9. The van der Waals surface area contributed by atoms with Gasteiger partial charge in [-0.1, -0.05) is 58.9 Å². The maximum atomic E-state index is 9.07. The molecule has 23 heavy (non-hydrogen) atoms. The first-order valence-electron chi connectivity index (χ1n) is 7.61. The molecule has 1 aromatic carbocycles. The summed E-state index contributed by atoms with van der Waals surface area (Å²) < 4.78 is 5.51. The van der Waals surface area contributed by atoms with Gasteiger partial charge >= 0.3 is 0 Å². The molecule has 0 radical (unpaired) electrons. The molecule has 0 spiro atoms. The van der Waals surface area contributed by atoms with Gasteiger partial charge in [-0.2, -0.15) is 10.4 Å². The average Bonchev–Trinajstić information content (AvgIpc) is 2.90. The SMILES string of the molecule is CC(C)c1nc(C#N)c(N/N=C\c2ccc(C(C)(C)C)cc2)o1. The van der Waals surface area contributed by atoms with Crippen LogP contribution < -0.4 is 5.43 Å². The standard InChI is InChI=1S/C18H22N4O/c1-12(2)16-21-15(10-19)17(23-16)22-20-11-13-6-8-14(9-7-13)18(3,4)5/h6-9,11-12,22H,1-5H3/b20-11-. The molecule has 0 amide bonds. The third-order valence-corrected chi connectivity index (χ3v) is 3.40. The number of rotatable bonds is 4. The van der Waals surface area contributed by atoms with E-state index in [9.17, 15) is 0 Å². The third kappa shape index (κ3) is 4.19. The number of anilines is 1. The van der Waals surface area contributed by atoms with Crippen LogP contribution in [0.25, 0.3) is 0 Å². The molecule has 0 aliphatic rings. The second kappa shape index (κ2) is 6.66. The Hall–Kier alpha value is -2.61. The topological polar surface area (TPSA) is 74.2 Å². The quantitative estimate of drug-likeness (QED) is 0.670. The number of oxazole rings is 1. The molecule has 5 nitrogen and oxygen atoms in total. The fourth-order valence-corrected chi connectivity index (χ4v) is 1.97. The van der Waals surface area contributed by atoms with Crippen molar-refractivity contribution in [2.45, 2.75) is 46.0 Å².